The van der Waals surface area contributed by atoms with E-state index in [-0.39, 0.29) is 0 Å². The fraction of sp³-hybridized carbons (Fsp3) is 0.0211. The number of aromatic nitrogens is 5. The number of para-hydroxylation sites is 2. The zero-order chi connectivity index (χ0) is 66.1. The fourth-order valence-electron chi connectivity index (χ4n) is 16.7. The summed E-state index contributed by atoms with van der Waals surface area (Å²) in [6.45, 7) is 0. The minimum absolute atomic E-state index is 0.508. The van der Waals surface area contributed by atoms with Gasteiger partial charge in [-0.1, -0.05) is 340 Å². The summed E-state index contributed by atoms with van der Waals surface area (Å²) in [7, 11) is 0. The van der Waals surface area contributed by atoms with Crippen LogP contribution in [0.4, 0.5) is 0 Å². The van der Waals surface area contributed by atoms with Crippen molar-refractivity contribution >= 4 is 43.6 Å². The molecule has 4 aromatic heterocycles. The summed E-state index contributed by atoms with van der Waals surface area (Å²) in [5, 5.41) is 4.92. The number of nitrogens with zero attached hydrogens (tertiary/aromatic N) is 5. The Hall–Kier alpha value is -13.1. The van der Waals surface area contributed by atoms with Crippen LogP contribution in [0.25, 0.3) is 123 Å². The van der Waals surface area contributed by atoms with Gasteiger partial charge in [-0.05, 0) is 109 Å². The van der Waals surface area contributed by atoms with Crippen LogP contribution in [0.1, 0.15) is 44.5 Å². The zero-order valence-corrected chi connectivity index (χ0v) is 54.6. The highest BCUT2D eigenvalue weighted by Crippen LogP contribution is 2.61. The van der Waals surface area contributed by atoms with Gasteiger partial charge in [-0.15, -0.1) is 0 Å². The Bertz CT molecular complexity index is 5540. The van der Waals surface area contributed by atoms with Gasteiger partial charge in [0.1, 0.15) is 0 Å². The van der Waals surface area contributed by atoms with Gasteiger partial charge in [0, 0.05) is 43.8 Å². The number of pyridine rings is 1. The Kier molecular flexibility index (Phi) is 13.9. The molecule has 0 N–H and O–H groups in total. The van der Waals surface area contributed by atoms with Gasteiger partial charge in [0.25, 0.3) is 0 Å². The summed E-state index contributed by atoms with van der Waals surface area (Å²) < 4.78 is 4.72. The number of rotatable bonds is 10. The average Bonchev–Trinajstić information content (AvgIpc) is 1.51. The summed E-state index contributed by atoms with van der Waals surface area (Å²) in [6.07, 6.45) is 0. The van der Waals surface area contributed by atoms with Crippen molar-refractivity contribution in [1.29, 1.82) is 0 Å². The summed E-state index contributed by atoms with van der Waals surface area (Å²) in [6, 6.07) is 137. The number of benzene rings is 14. The van der Waals surface area contributed by atoms with E-state index >= 15 is 0 Å². The van der Waals surface area contributed by atoms with Gasteiger partial charge in [0.15, 0.2) is 0 Å². The molecule has 0 spiro atoms. The molecule has 5 nitrogen and oxygen atoms in total. The van der Waals surface area contributed by atoms with Crippen LogP contribution in [0.15, 0.2) is 382 Å². The summed E-state index contributed by atoms with van der Waals surface area (Å²) in [5.74, 6) is 0.650. The first-order chi connectivity index (χ1) is 49.6. The first-order valence-corrected chi connectivity index (χ1v) is 34.3. The van der Waals surface area contributed by atoms with Crippen LogP contribution >= 0.6 is 0 Å². The molecule has 100 heavy (non-hydrogen) atoms. The van der Waals surface area contributed by atoms with Crippen molar-refractivity contribution in [3.63, 3.8) is 0 Å². The van der Waals surface area contributed by atoms with Crippen molar-refractivity contribution in [2.45, 2.75) is 10.8 Å². The zero-order valence-electron chi connectivity index (χ0n) is 54.6. The standard InChI is InChI=1S/C48H32N2.C47H31N3/c1-5-17-33(18-6-1)42-31-37(32-43(49-42)34-19-7-2-8-20-34)50-44-28-16-14-26-40(44)46-45(50)30-29-39-38-25-13-15-27-41(38)48(47(39)46,35-21-9-3-10-22-35)36-23-11-4-12-24-36;1-5-17-32(18-6-1)40-31-41(33-19-7-2-8-20-33)49-46(48-40)50-42-28-16-14-26-38(42)44-43(50)30-29-37-36-25-13-15-27-39(36)47(45(37)44,34-21-9-3-10-22-34)35-23-11-4-12-24-35/h1-32H;1-31H. The molecule has 468 valence electrons. The van der Waals surface area contributed by atoms with Gasteiger partial charge >= 0.3 is 0 Å². The third-order valence-corrected chi connectivity index (χ3v) is 20.8. The van der Waals surface area contributed by atoms with E-state index in [4.69, 9.17) is 15.0 Å². The van der Waals surface area contributed by atoms with Gasteiger partial charge in [0.05, 0.1) is 61.4 Å². The lowest BCUT2D eigenvalue weighted by atomic mass is 9.67. The van der Waals surface area contributed by atoms with Gasteiger partial charge in [-0.25, -0.2) is 15.0 Å². The minimum atomic E-state index is -0.537. The SMILES string of the molecule is c1ccc(-c2cc(-c3ccccc3)nc(-n3c4ccccc4c4c5c(ccc43)-c3ccccc3C5(c3ccccc3)c3ccccc3)n2)cc1.c1ccc(-c2cc(-n3c4ccccc4c4c5c(ccc43)-c3ccccc3C5(c3ccccc3)c3ccccc3)cc(-c3ccccc3)n2)cc1. The first kappa shape index (κ1) is 58.3. The maximum Gasteiger partial charge on any atom is 0.235 e. The van der Waals surface area contributed by atoms with Crippen LogP contribution in [0.3, 0.4) is 0 Å². The molecule has 18 aromatic rings. The molecular weight excluding hydrogens is 1210 g/mol. The smallest absolute Gasteiger partial charge is 0.235 e. The largest absolute Gasteiger partial charge is 0.309 e. The molecule has 0 saturated heterocycles. The summed E-state index contributed by atoms with van der Waals surface area (Å²) in [4.78, 5) is 15.8. The molecule has 4 heterocycles. The van der Waals surface area contributed by atoms with Crippen LogP contribution in [0.2, 0.25) is 0 Å². The Morgan fingerprint density at radius 3 is 0.900 bits per heavy atom. The van der Waals surface area contributed by atoms with Gasteiger partial charge in [-0.3, -0.25) is 4.57 Å². The number of hydrogen-bond donors (Lipinski definition) is 0. The molecule has 14 aromatic carbocycles. The molecule has 20 rings (SSSR count). The highest BCUT2D eigenvalue weighted by atomic mass is 15.2. The second-order valence-corrected chi connectivity index (χ2v) is 26.0. The molecule has 0 amide bonds. The molecule has 0 unspecified atom stereocenters. The van der Waals surface area contributed by atoms with Crippen molar-refractivity contribution in [3.8, 4) is 78.9 Å². The van der Waals surface area contributed by atoms with Crippen LogP contribution in [0.5, 0.6) is 0 Å². The van der Waals surface area contributed by atoms with Crippen LogP contribution in [-0.4, -0.2) is 24.1 Å². The molecule has 0 fully saturated rings. The average molecular weight is 1270 g/mol. The normalized spacial score (nSPS) is 13.0. The lowest BCUT2D eigenvalue weighted by Crippen LogP contribution is -2.28. The number of fused-ring (bicyclic) bond motifs is 14. The second-order valence-electron chi connectivity index (χ2n) is 26.0. The number of hydrogen-bond acceptors (Lipinski definition) is 3. The van der Waals surface area contributed by atoms with E-state index < -0.39 is 10.8 Å². The lowest BCUT2D eigenvalue weighted by molar-refractivity contribution is 0.776. The summed E-state index contributed by atoms with van der Waals surface area (Å²) in [5.41, 5.74) is 27.9. The monoisotopic (exact) mass is 1270 g/mol. The first-order valence-electron chi connectivity index (χ1n) is 34.3. The molecule has 2 aliphatic carbocycles. The molecule has 5 heteroatoms. The highest BCUT2D eigenvalue weighted by Gasteiger charge is 2.49. The van der Waals surface area contributed by atoms with Crippen molar-refractivity contribution in [2.75, 3.05) is 0 Å². The van der Waals surface area contributed by atoms with Crippen molar-refractivity contribution in [1.82, 2.24) is 24.1 Å². The lowest BCUT2D eigenvalue weighted by Gasteiger charge is -2.34. The van der Waals surface area contributed by atoms with E-state index in [9.17, 15) is 0 Å². The molecular formula is C95H63N5. The van der Waals surface area contributed by atoms with Crippen molar-refractivity contribution in [3.05, 3.63) is 427 Å². The molecule has 0 radical (unpaired) electrons. The predicted molar refractivity (Wildman–Crippen MR) is 411 cm³/mol. The van der Waals surface area contributed by atoms with E-state index in [1.54, 1.807) is 0 Å². The third-order valence-electron chi connectivity index (χ3n) is 20.8. The van der Waals surface area contributed by atoms with Crippen LogP contribution in [0, 0.1) is 0 Å². The molecule has 0 atom stereocenters. The van der Waals surface area contributed by atoms with Crippen LogP contribution < -0.4 is 0 Å². The Balaban J connectivity index is 0.000000139. The quantitative estimate of drug-likeness (QED) is 0.137. The van der Waals surface area contributed by atoms with Gasteiger partial charge < -0.3 is 4.57 Å². The highest BCUT2D eigenvalue weighted by molar-refractivity contribution is 6.17. The van der Waals surface area contributed by atoms with Crippen LogP contribution in [-0.2, 0) is 10.8 Å². The fourth-order valence-corrected chi connectivity index (χ4v) is 16.7. The Morgan fingerprint density at radius 1 is 0.220 bits per heavy atom. The minimum Gasteiger partial charge on any atom is -0.309 e. The van der Waals surface area contributed by atoms with E-state index in [2.05, 4.69) is 379 Å². The molecule has 0 saturated carbocycles. The predicted octanol–water partition coefficient (Wildman–Crippen LogP) is 23.1. The van der Waals surface area contributed by atoms with Gasteiger partial charge in [0.2, 0.25) is 5.95 Å². The molecule has 0 bridgehead atoms. The molecule has 0 aliphatic heterocycles. The van der Waals surface area contributed by atoms with Crippen molar-refractivity contribution < 1.29 is 0 Å². The van der Waals surface area contributed by atoms with E-state index in [0.717, 1.165) is 61.8 Å². The third kappa shape index (κ3) is 9.06. The molecule has 2 aliphatic rings. The second kappa shape index (κ2) is 23.9. The Morgan fingerprint density at radius 2 is 0.520 bits per heavy atom. The Labute approximate surface area is 580 Å². The topological polar surface area (TPSA) is 48.5 Å². The maximum absolute atomic E-state index is 5.31. The van der Waals surface area contributed by atoms with Gasteiger partial charge in [-0.2, -0.15) is 0 Å². The maximum atomic E-state index is 5.31. The van der Waals surface area contributed by atoms with E-state index in [1.165, 1.54) is 99.3 Å². The van der Waals surface area contributed by atoms with E-state index in [0.29, 0.717) is 5.95 Å². The van der Waals surface area contributed by atoms with E-state index in [1.807, 2.05) is 12.1 Å². The van der Waals surface area contributed by atoms with Crippen molar-refractivity contribution in [2.24, 2.45) is 0 Å². The summed E-state index contributed by atoms with van der Waals surface area (Å²) >= 11 is 0.